The van der Waals surface area contributed by atoms with Gasteiger partial charge in [0.1, 0.15) is 11.5 Å². The van der Waals surface area contributed by atoms with E-state index in [1.165, 1.54) is 26.4 Å². The Morgan fingerprint density at radius 3 is 2.38 bits per heavy atom. The second-order valence-electron chi connectivity index (χ2n) is 10.3. The number of fused-ring (bicyclic) bond motifs is 1. The summed E-state index contributed by atoms with van der Waals surface area (Å²) in [5.41, 5.74) is 1.30. The van der Waals surface area contributed by atoms with Crippen LogP contribution in [0.25, 0.3) is 22.3 Å². The van der Waals surface area contributed by atoms with Crippen molar-refractivity contribution in [2.24, 2.45) is 5.92 Å². The zero-order valence-electron chi connectivity index (χ0n) is 22.7. The number of rotatable bonds is 7. The molecule has 0 radical (unpaired) electrons. The Bertz CT molecular complexity index is 1480. The van der Waals surface area contributed by atoms with Gasteiger partial charge in [0.15, 0.2) is 0 Å². The molecule has 1 N–H and O–H groups in total. The Balaban J connectivity index is 1.65. The summed E-state index contributed by atoms with van der Waals surface area (Å²) in [6.07, 6.45) is -2.18. The van der Waals surface area contributed by atoms with Crippen molar-refractivity contribution < 1.29 is 27.4 Å². The predicted molar refractivity (Wildman–Crippen MR) is 147 cm³/mol. The molecule has 0 unspecified atom stereocenters. The third-order valence-electron chi connectivity index (χ3n) is 7.86. The van der Waals surface area contributed by atoms with Gasteiger partial charge >= 0.3 is 6.18 Å². The van der Waals surface area contributed by atoms with Crippen molar-refractivity contribution in [3.05, 3.63) is 64.1 Å². The van der Waals surface area contributed by atoms with Crippen LogP contribution in [0.15, 0.2) is 47.3 Å². The first-order valence-electron chi connectivity index (χ1n) is 13.3. The highest BCUT2D eigenvalue weighted by Crippen LogP contribution is 2.41. The first kappa shape index (κ1) is 27.6. The third-order valence-corrected chi connectivity index (χ3v) is 7.86. The second-order valence-corrected chi connectivity index (χ2v) is 10.3. The van der Waals surface area contributed by atoms with Crippen molar-refractivity contribution in [2.75, 3.05) is 39.3 Å². The molecule has 2 aliphatic rings. The monoisotopic (exact) mass is 555 g/mol. The molecule has 3 heterocycles. The molecule has 7 nitrogen and oxygen atoms in total. The van der Waals surface area contributed by atoms with E-state index in [2.05, 4.69) is 5.32 Å². The molecule has 3 aromatic rings. The zero-order valence-corrected chi connectivity index (χ0v) is 22.7. The van der Waals surface area contributed by atoms with Gasteiger partial charge < -0.3 is 24.3 Å². The molecule has 1 aromatic heterocycles. The number of anilines is 1. The van der Waals surface area contributed by atoms with Gasteiger partial charge in [0.25, 0.3) is 5.56 Å². The van der Waals surface area contributed by atoms with Crippen molar-refractivity contribution in [3.63, 3.8) is 0 Å². The first-order chi connectivity index (χ1) is 19.1. The standard InChI is InChI=1S/C30H32F3N3O4/c1-34-28(37)11-18-8-10-35(17-18)20-6-7-26(30(31,32)33)24(14-20)25-16-23(27-5-4-9-36(27)29(25)38)19-12-21(39-2)15-22(13-19)40-3/h6-7,12-16,18H,4-5,8-11,17H2,1-3H3,(H,34,37)/t18-/m0/s1. The van der Waals surface area contributed by atoms with Crippen LogP contribution in [0.5, 0.6) is 11.5 Å². The summed E-state index contributed by atoms with van der Waals surface area (Å²) in [5, 5.41) is 2.63. The van der Waals surface area contributed by atoms with Crippen LogP contribution in [-0.4, -0.2) is 44.8 Å². The fraction of sp³-hybridized carbons (Fsp3) is 0.400. The molecular weight excluding hydrogens is 523 g/mol. The lowest BCUT2D eigenvalue weighted by atomic mass is 9.94. The van der Waals surface area contributed by atoms with Crippen molar-refractivity contribution in [3.8, 4) is 33.8 Å². The number of hydrogen-bond acceptors (Lipinski definition) is 5. The lowest BCUT2D eigenvalue weighted by Gasteiger charge is -2.22. The van der Waals surface area contributed by atoms with Crippen LogP contribution in [0.2, 0.25) is 0 Å². The summed E-state index contributed by atoms with van der Waals surface area (Å²) in [4.78, 5) is 27.5. The molecule has 0 spiro atoms. The second kappa shape index (κ2) is 10.9. The summed E-state index contributed by atoms with van der Waals surface area (Å²) in [5.74, 6) is 1.12. The van der Waals surface area contributed by atoms with Crippen LogP contribution >= 0.6 is 0 Å². The van der Waals surface area contributed by atoms with E-state index in [4.69, 9.17) is 9.47 Å². The maximum atomic E-state index is 14.3. The number of methoxy groups -OCH3 is 2. The molecule has 212 valence electrons. The number of hydrogen-bond donors (Lipinski definition) is 1. The maximum absolute atomic E-state index is 14.3. The minimum absolute atomic E-state index is 0.00211. The van der Waals surface area contributed by atoms with Gasteiger partial charge in [-0.1, -0.05) is 0 Å². The van der Waals surface area contributed by atoms with Crippen LogP contribution in [-0.2, 0) is 23.9 Å². The highest BCUT2D eigenvalue weighted by atomic mass is 19.4. The maximum Gasteiger partial charge on any atom is 0.417 e. The highest BCUT2D eigenvalue weighted by molar-refractivity contribution is 5.79. The quantitative estimate of drug-likeness (QED) is 0.438. The SMILES string of the molecule is CNC(=O)C[C@@H]1CCN(c2ccc(C(F)(F)F)c(-c3cc(-c4cc(OC)cc(OC)c4)c4n(c3=O)CCC4)c2)C1. The number of alkyl halides is 3. The van der Waals surface area contributed by atoms with Gasteiger partial charge in [-0.25, -0.2) is 0 Å². The van der Waals surface area contributed by atoms with Crippen LogP contribution in [0.4, 0.5) is 18.9 Å². The largest absolute Gasteiger partial charge is 0.497 e. The molecule has 1 fully saturated rings. The number of aromatic nitrogens is 1. The van der Waals surface area contributed by atoms with Crippen molar-refractivity contribution in [1.82, 2.24) is 9.88 Å². The number of benzene rings is 2. The predicted octanol–water partition coefficient (Wildman–Crippen LogP) is 5.13. The Kier molecular flexibility index (Phi) is 7.53. The molecule has 5 rings (SSSR count). The van der Waals surface area contributed by atoms with Gasteiger partial charge in [0.2, 0.25) is 5.91 Å². The van der Waals surface area contributed by atoms with E-state index in [-0.39, 0.29) is 23.0 Å². The smallest absolute Gasteiger partial charge is 0.417 e. The number of carbonyl (C=O) groups is 1. The van der Waals surface area contributed by atoms with E-state index in [0.717, 1.165) is 24.6 Å². The molecule has 2 aromatic carbocycles. The molecule has 40 heavy (non-hydrogen) atoms. The summed E-state index contributed by atoms with van der Waals surface area (Å²) in [6, 6.07) is 10.9. The lowest BCUT2D eigenvalue weighted by molar-refractivity contribution is -0.137. The van der Waals surface area contributed by atoms with Crippen LogP contribution in [0.3, 0.4) is 0 Å². The average molecular weight is 556 g/mol. The summed E-state index contributed by atoms with van der Waals surface area (Å²) in [7, 11) is 4.65. The molecule has 1 saturated heterocycles. The Morgan fingerprint density at radius 2 is 1.73 bits per heavy atom. The molecule has 10 heteroatoms. The van der Waals surface area contributed by atoms with E-state index in [9.17, 15) is 22.8 Å². The van der Waals surface area contributed by atoms with Gasteiger partial charge in [-0.15, -0.1) is 0 Å². The number of nitrogens with one attached hydrogen (secondary N) is 1. The van der Waals surface area contributed by atoms with E-state index in [1.807, 2.05) is 4.90 Å². The van der Waals surface area contributed by atoms with Crippen molar-refractivity contribution >= 4 is 11.6 Å². The molecule has 0 aliphatic carbocycles. The van der Waals surface area contributed by atoms with E-state index in [0.29, 0.717) is 60.8 Å². The van der Waals surface area contributed by atoms with Crippen molar-refractivity contribution in [1.29, 1.82) is 0 Å². The first-order valence-corrected chi connectivity index (χ1v) is 13.3. The average Bonchev–Trinajstić information content (AvgIpc) is 3.62. The number of pyridine rings is 1. The minimum atomic E-state index is -4.66. The van der Waals surface area contributed by atoms with Crippen LogP contribution in [0.1, 0.15) is 30.5 Å². The molecule has 1 atom stereocenters. The third kappa shape index (κ3) is 5.26. The Labute approximate surface area is 230 Å². The van der Waals surface area contributed by atoms with Crippen LogP contribution < -0.4 is 25.2 Å². The zero-order chi connectivity index (χ0) is 28.6. The molecular formula is C30H32F3N3O4. The number of carbonyl (C=O) groups excluding carboxylic acids is 1. The topological polar surface area (TPSA) is 72.8 Å². The van der Waals surface area contributed by atoms with Crippen LogP contribution in [0, 0.1) is 5.92 Å². The molecule has 0 saturated carbocycles. The number of halogens is 3. The van der Waals surface area contributed by atoms with E-state index < -0.39 is 17.3 Å². The molecule has 2 aliphatic heterocycles. The fourth-order valence-corrected chi connectivity index (χ4v) is 5.82. The summed E-state index contributed by atoms with van der Waals surface area (Å²) < 4.78 is 55.4. The van der Waals surface area contributed by atoms with Gasteiger partial charge in [-0.3, -0.25) is 9.59 Å². The lowest BCUT2D eigenvalue weighted by Crippen LogP contribution is -2.25. The number of amides is 1. The fourth-order valence-electron chi connectivity index (χ4n) is 5.82. The molecule has 1 amide bonds. The van der Waals surface area contributed by atoms with Gasteiger partial charge in [0, 0.05) is 67.2 Å². The normalized spacial score (nSPS) is 16.6. The van der Waals surface area contributed by atoms with Crippen molar-refractivity contribution in [2.45, 2.75) is 38.4 Å². The summed E-state index contributed by atoms with van der Waals surface area (Å²) >= 11 is 0. The van der Waals surface area contributed by atoms with E-state index >= 15 is 0 Å². The van der Waals surface area contributed by atoms with E-state index in [1.54, 1.807) is 35.9 Å². The molecule has 0 bridgehead atoms. The minimum Gasteiger partial charge on any atom is -0.497 e. The van der Waals surface area contributed by atoms with Gasteiger partial charge in [0.05, 0.1) is 19.8 Å². The highest BCUT2D eigenvalue weighted by Gasteiger charge is 2.36. The Hall–Kier alpha value is -3.95. The Morgan fingerprint density at radius 1 is 1.00 bits per heavy atom. The van der Waals surface area contributed by atoms with Gasteiger partial charge in [-0.05, 0) is 67.1 Å². The summed E-state index contributed by atoms with van der Waals surface area (Å²) in [6.45, 7) is 1.60. The number of ether oxygens (including phenoxy) is 2. The van der Waals surface area contributed by atoms with Gasteiger partial charge in [-0.2, -0.15) is 13.2 Å². The number of nitrogens with zero attached hydrogens (tertiary/aromatic N) is 2.